The van der Waals surface area contributed by atoms with Gasteiger partial charge in [0, 0.05) is 5.71 Å². The second kappa shape index (κ2) is 5.44. The van der Waals surface area contributed by atoms with E-state index in [1.165, 1.54) is 11.1 Å². The molecule has 0 radical (unpaired) electrons. The summed E-state index contributed by atoms with van der Waals surface area (Å²) in [5.41, 5.74) is 4.59. The molecule has 0 bridgehead atoms. The maximum Gasteiger partial charge on any atom is 0.0633 e. The van der Waals surface area contributed by atoms with Crippen molar-refractivity contribution in [2.75, 3.05) is 0 Å². The summed E-state index contributed by atoms with van der Waals surface area (Å²) in [4.78, 5) is 4.62. The standard InChI is InChI=1S/C16H17N/c1-3-14-9-11-16(12-10-14)17-13(2)15-7-5-4-6-8-15/h4-12H,3H2,1-2H3. The van der Waals surface area contributed by atoms with Crippen molar-refractivity contribution in [3.05, 3.63) is 65.7 Å². The fraction of sp³-hybridized carbons (Fsp3) is 0.188. The third-order valence-corrected chi connectivity index (χ3v) is 2.83. The summed E-state index contributed by atoms with van der Waals surface area (Å²) < 4.78 is 0. The Morgan fingerprint density at radius 1 is 0.941 bits per heavy atom. The highest BCUT2D eigenvalue weighted by Crippen LogP contribution is 2.15. The van der Waals surface area contributed by atoms with Crippen LogP contribution in [-0.2, 0) is 6.42 Å². The molecule has 0 amide bonds. The second-order valence-corrected chi connectivity index (χ2v) is 4.08. The van der Waals surface area contributed by atoms with E-state index in [4.69, 9.17) is 0 Å². The number of rotatable bonds is 3. The molecule has 0 unspecified atom stereocenters. The number of benzene rings is 2. The van der Waals surface area contributed by atoms with Crippen LogP contribution in [-0.4, -0.2) is 5.71 Å². The molecule has 1 heteroatoms. The predicted octanol–water partition coefficient (Wildman–Crippen LogP) is 4.39. The lowest BCUT2D eigenvalue weighted by molar-refractivity contribution is 1.14. The highest BCUT2D eigenvalue weighted by Gasteiger charge is 1.96. The van der Waals surface area contributed by atoms with Crippen LogP contribution in [0.5, 0.6) is 0 Å². The fourth-order valence-electron chi connectivity index (χ4n) is 1.74. The lowest BCUT2D eigenvalue weighted by Gasteiger charge is -2.01. The predicted molar refractivity (Wildman–Crippen MR) is 74.1 cm³/mol. The summed E-state index contributed by atoms with van der Waals surface area (Å²) in [5.74, 6) is 0. The fourth-order valence-corrected chi connectivity index (χ4v) is 1.74. The van der Waals surface area contributed by atoms with Gasteiger partial charge in [-0.25, -0.2) is 0 Å². The molecule has 2 aromatic rings. The van der Waals surface area contributed by atoms with Gasteiger partial charge in [-0.2, -0.15) is 0 Å². The van der Waals surface area contributed by atoms with Crippen LogP contribution >= 0.6 is 0 Å². The largest absolute Gasteiger partial charge is 0.253 e. The lowest BCUT2D eigenvalue weighted by Crippen LogP contribution is -1.92. The van der Waals surface area contributed by atoms with E-state index in [2.05, 4.69) is 48.3 Å². The maximum atomic E-state index is 4.62. The van der Waals surface area contributed by atoms with Crippen molar-refractivity contribution in [1.29, 1.82) is 0 Å². The Hall–Kier alpha value is -1.89. The first-order chi connectivity index (χ1) is 8.29. The minimum Gasteiger partial charge on any atom is -0.253 e. The van der Waals surface area contributed by atoms with Crippen LogP contribution in [0.2, 0.25) is 0 Å². The summed E-state index contributed by atoms with van der Waals surface area (Å²) in [7, 11) is 0. The molecule has 0 aliphatic heterocycles. The average Bonchev–Trinajstić information content (AvgIpc) is 2.40. The van der Waals surface area contributed by atoms with Gasteiger partial charge in [0.2, 0.25) is 0 Å². The summed E-state index contributed by atoms with van der Waals surface area (Å²) in [6, 6.07) is 18.7. The first-order valence-electron chi connectivity index (χ1n) is 5.99. The molecule has 0 heterocycles. The Labute approximate surface area is 103 Å². The molecule has 0 aromatic heterocycles. The Morgan fingerprint density at radius 3 is 2.18 bits per heavy atom. The Kier molecular flexibility index (Phi) is 3.71. The Morgan fingerprint density at radius 2 is 1.59 bits per heavy atom. The molecule has 0 atom stereocenters. The van der Waals surface area contributed by atoms with E-state index in [-0.39, 0.29) is 0 Å². The summed E-state index contributed by atoms with van der Waals surface area (Å²) >= 11 is 0. The van der Waals surface area contributed by atoms with Gasteiger partial charge < -0.3 is 0 Å². The molecule has 0 spiro atoms. The van der Waals surface area contributed by atoms with Crippen molar-refractivity contribution in [3.63, 3.8) is 0 Å². The number of aliphatic imine (C=N–C) groups is 1. The molecule has 1 nitrogen and oxygen atoms in total. The molecule has 0 aliphatic rings. The van der Waals surface area contributed by atoms with E-state index >= 15 is 0 Å². The van der Waals surface area contributed by atoms with Gasteiger partial charge in [-0.05, 0) is 36.6 Å². The number of hydrogen-bond donors (Lipinski definition) is 0. The zero-order chi connectivity index (χ0) is 12.1. The molecule has 2 aromatic carbocycles. The SMILES string of the molecule is CCc1ccc(N=C(C)c2ccccc2)cc1. The van der Waals surface area contributed by atoms with Crippen LogP contribution in [0, 0.1) is 0 Å². The van der Waals surface area contributed by atoms with Crippen molar-refractivity contribution >= 4 is 11.4 Å². The first kappa shape index (κ1) is 11.6. The van der Waals surface area contributed by atoms with Crippen LogP contribution in [0.4, 0.5) is 5.69 Å². The van der Waals surface area contributed by atoms with E-state index in [1.54, 1.807) is 0 Å². The van der Waals surface area contributed by atoms with Gasteiger partial charge in [-0.3, -0.25) is 4.99 Å². The zero-order valence-corrected chi connectivity index (χ0v) is 10.4. The maximum absolute atomic E-state index is 4.62. The number of aryl methyl sites for hydroxylation is 1. The molecule has 0 N–H and O–H groups in total. The van der Waals surface area contributed by atoms with Gasteiger partial charge in [0.1, 0.15) is 0 Å². The van der Waals surface area contributed by atoms with E-state index in [9.17, 15) is 0 Å². The van der Waals surface area contributed by atoms with Gasteiger partial charge in [-0.15, -0.1) is 0 Å². The Bertz CT molecular complexity index is 495. The molecule has 17 heavy (non-hydrogen) atoms. The number of nitrogens with zero attached hydrogens (tertiary/aromatic N) is 1. The minimum atomic E-state index is 1.02. The van der Waals surface area contributed by atoms with Crippen LogP contribution in [0.15, 0.2) is 59.6 Å². The highest BCUT2D eigenvalue weighted by molar-refractivity contribution is 6.00. The molecule has 2 rings (SSSR count). The highest BCUT2D eigenvalue weighted by atomic mass is 14.7. The molecule has 0 saturated carbocycles. The molecular weight excluding hydrogens is 206 g/mol. The van der Waals surface area contributed by atoms with E-state index < -0.39 is 0 Å². The first-order valence-corrected chi connectivity index (χ1v) is 5.99. The molecule has 0 aliphatic carbocycles. The third kappa shape index (κ3) is 3.04. The molecule has 0 fully saturated rings. The zero-order valence-electron chi connectivity index (χ0n) is 10.4. The van der Waals surface area contributed by atoms with Crippen LogP contribution in [0.1, 0.15) is 25.0 Å². The summed E-state index contributed by atoms with van der Waals surface area (Å²) in [6.45, 7) is 4.20. The van der Waals surface area contributed by atoms with Gasteiger partial charge in [0.05, 0.1) is 5.69 Å². The van der Waals surface area contributed by atoms with Crippen LogP contribution in [0.25, 0.3) is 0 Å². The van der Waals surface area contributed by atoms with Crippen molar-refractivity contribution < 1.29 is 0 Å². The smallest absolute Gasteiger partial charge is 0.0633 e. The van der Waals surface area contributed by atoms with E-state index in [1.807, 2.05) is 25.1 Å². The number of hydrogen-bond acceptors (Lipinski definition) is 1. The average molecular weight is 223 g/mol. The van der Waals surface area contributed by atoms with Crippen LogP contribution < -0.4 is 0 Å². The van der Waals surface area contributed by atoms with Gasteiger partial charge in [0.25, 0.3) is 0 Å². The minimum absolute atomic E-state index is 1.02. The quantitative estimate of drug-likeness (QED) is 0.684. The topological polar surface area (TPSA) is 12.4 Å². The monoisotopic (exact) mass is 223 g/mol. The van der Waals surface area contributed by atoms with Gasteiger partial charge in [0.15, 0.2) is 0 Å². The summed E-state index contributed by atoms with van der Waals surface area (Å²) in [6.07, 6.45) is 1.07. The molecule has 86 valence electrons. The van der Waals surface area contributed by atoms with Gasteiger partial charge in [-0.1, -0.05) is 49.4 Å². The molecule has 0 saturated heterocycles. The van der Waals surface area contributed by atoms with Crippen molar-refractivity contribution in [2.24, 2.45) is 4.99 Å². The molecular formula is C16H17N. The Balaban J connectivity index is 2.23. The van der Waals surface area contributed by atoms with Crippen molar-refractivity contribution in [1.82, 2.24) is 0 Å². The van der Waals surface area contributed by atoms with E-state index in [0.29, 0.717) is 0 Å². The normalized spacial score (nSPS) is 11.5. The van der Waals surface area contributed by atoms with Crippen molar-refractivity contribution in [3.8, 4) is 0 Å². The lowest BCUT2D eigenvalue weighted by atomic mass is 10.1. The van der Waals surface area contributed by atoms with E-state index in [0.717, 1.165) is 17.8 Å². The second-order valence-electron chi connectivity index (χ2n) is 4.08. The van der Waals surface area contributed by atoms with Crippen LogP contribution in [0.3, 0.4) is 0 Å². The third-order valence-electron chi connectivity index (χ3n) is 2.83. The summed E-state index contributed by atoms with van der Waals surface area (Å²) in [5, 5.41) is 0. The van der Waals surface area contributed by atoms with Gasteiger partial charge >= 0.3 is 0 Å². The van der Waals surface area contributed by atoms with Crippen molar-refractivity contribution in [2.45, 2.75) is 20.3 Å².